The number of nitrogens with one attached hydrogen (secondary N) is 2. The quantitative estimate of drug-likeness (QED) is 0.290. The molecular formula is C21H33IN4O3. The fourth-order valence-corrected chi connectivity index (χ4v) is 2.70. The minimum atomic E-state index is 0. The van der Waals surface area contributed by atoms with Crippen molar-refractivity contribution in [3.05, 3.63) is 41.1 Å². The molecule has 1 heterocycles. The summed E-state index contributed by atoms with van der Waals surface area (Å²) < 4.78 is 17.0. The minimum Gasteiger partial charge on any atom is -0.490 e. The van der Waals surface area contributed by atoms with Crippen LogP contribution in [0.3, 0.4) is 0 Å². The number of aromatic nitrogens is 1. The summed E-state index contributed by atoms with van der Waals surface area (Å²) >= 11 is 0. The lowest BCUT2D eigenvalue weighted by Crippen LogP contribution is -2.38. The fraction of sp³-hybridized carbons (Fsp3) is 0.524. The van der Waals surface area contributed by atoms with Gasteiger partial charge in [0, 0.05) is 6.54 Å². The summed E-state index contributed by atoms with van der Waals surface area (Å²) in [6, 6.07) is 6.02. The third-order valence-corrected chi connectivity index (χ3v) is 4.21. The summed E-state index contributed by atoms with van der Waals surface area (Å²) in [7, 11) is 0. The Morgan fingerprint density at radius 2 is 1.83 bits per heavy atom. The normalized spacial score (nSPS) is 12.1. The number of guanidine groups is 1. The van der Waals surface area contributed by atoms with Crippen LogP contribution in [0.25, 0.3) is 0 Å². The van der Waals surface area contributed by atoms with E-state index in [-0.39, 0.29) is 30.0 Å². The standard InChI is InChI=1S/C21H32N4O3.HI/c1-7-22-21(23-13-20-24-14(4)16(6)28-20)25-15(5)17-10-11-18(26-8-2)19(12-17)27-9-3;/h10-12,15H,7-9,13H2,1-6H3,(H2,22,23,25);1H. The molecule has 1 unspecified atom stereocenters. The number of aliphatic imine (C=N–C) groups is 1. The Kier molecular flexibility index (Phi) is 10.9. The number of rotatable bonds is 9. The van der Waals surface area contributed by atoms with Crippen molar-refractivity contribution in [1.29, 1.82) is 0 Å². The van der Waals surface area contributed by atoms with Gasteiger partial charge in [-0.15, -0.1) is 24.0 Å². The molecule has 0 fully saturated rings. The Bertz CT molecular complexity index is 773. The molecule has 0 spiro atoms. The molecule has 0 amide bonds. The molecule has 0 aliphatic heterocycles. The molecule has 2 aromatic rings. The predicted molar refractivity (Wildman–Crippen MR) is 127 cm³/mol. The minimum absolute atomic E-state index is 0. The molecule has 2 N–H and O–H groups in total. The van der Waals surface area contributed by atoms with Gasteiger partial charge >= 0.3 is 0 Å². The van der Waals surface area contributed by atoms with Crippen LogP contribution in [0.15, 0.2) is 27.6 Å². The van der Waals surface area contributed by atoms with Gasteiger partial charge in [0.05, 0.1) is 24.9 Å². The number of nitrogens with zero attached hydrogens (tertiary/aromatic N) is 2. The number of hydrogen-bond acceptors (Lipinski definition) is 5. The van der Waals surface area contributed by atoms with Gasteiger partial charge in [0.15, 0.2) is 17.5 Å². The number of halogens is 1. The first-order valence-electron chi connectivity index (χ1n) is 9.85. The third-order valence-electron chi connectivity index (χ3n) is 4.21. The molecule has 0 bridgehead atoms. The molecule has 8 heteroatoms. The van der Waals surface area contributed by atoms with E-state index < -0.39 is 0 Å². The molecule has 162 valence electrons. The Morgan fingerprint density at radius 1 is 1.14 bits per heavy atom. The summed E-state index contributed by atoms with van der Waals surface area (Å²) in [6.07, 6.45) is 0. The second-order valence-electron chi connectivity index (χ2n) is 6.38. The van der Waals surface area contributed by atoms with Gasteiger partial charge in [-0.3, -0.25) is 0 Å². The molecule has 2 rings (SSSR count). The zero-order chi connectivity index (χ0) is 20.5. The second kappa shape index (κ2) is 12.6. The average molecular weight is 516 g/mol. The van der Waals surface area contributed by atoms with Crippen LogP contribution in [0, 0.1) is 13.8 Å². The number of ether oxygens (including phenoxy) is 2. The van der Waals surface area contributed by atoms with E-state index in [1.54, 1.807) is 0 Å². The van der Waals surface area contributed by atoms with Crippen molar-refractivity contribution >= 4 is 29.9 Å². The Labute approximate surface area is 190 Å². The van der Waals surface area contributed by atoms with Crippen molar-refractivity contribution in [2.24, 2.45) is 4.99 Å². The highest BCUT2D eigenvalue weighted by molar-refractivity contribution is 14.0. The van der Waals surface area contributed by atoms with Gasteiger partial charge in [-0.05, 0) is 59.2 Å². The molecule has 1 atom stereocenters. The summed E-state index contributed by atoms with van der Waals surface area (Å²) in [4.78, 5) is 8.97. The third kappa shape index (κ3) is 7.41. The second-order valence-corrected chi connectivity index (χ2v) is 6.38. The van der Waals surface area contributed by atoms with Crippen molar-refractivity contribution in [3.8, 4) is 11.5 Å². The molecule has 29 heavy (non-hydrogen) atoms. The van der Waals surface area contributed by atoms with Gasteiger partial charge in [0.2, 0.25) is 5.89 Å². The number of benzene rings is 1. The Hall–Kier alpha value is -1.97. The summed E-state index contributed by atoms with van der Waals surface area (Å²) in [5.41, 5.74) is 1.98. The van der Waals surface area contributed by atoms with E-state index in [1.807, 2.05) is 52.8 Å². The molecule has 1 aromatic heterocycles. The lowest BCUT2D eigenvalue weighted by Gasteiger charge is -2.20. The molecule has 0 radical (unpaired) electrons. The van der Waals surface area contributed by atoms with Gasteiger partial charge in [-0.25, -0.2) is 9.98 Å². The lowest BCUT2D eigenvalue weighted by atomic mass is 10.1. The van der Waals surface area contributed by atoms with Crippen LogP contribution in [-0.4, -0.2) is 30.7 Å². The maximum Gasteiger partial charge on any atom is 0.216 e. The van der Waals surface area contributed by atoms with Crippen LogP contribution in [0.1, 0.15) is 56.6 Å². The van der Waals surface area contributed by atoms with Crippen molar-refractivity contribution in [1.82, 2.24) is 15.6 Å². The maximum atomic E-state index is 5.73. The van der Waals surface area contributed by atoms with Crippen LogP contribution in [-0.2, 0) is 6.54 Å². The summed E-state index contributed by atoms with van der Waals surface area (Å²) in [5.74, 6) is 3.66. The largest absolute Gasteiger partial charge is 0.490 e. The van der Waals surface area contributed by atoms with Crippen LogP contribution in [0.2, 0.25) is 0 Å². The van der Waals surface area contributed by atoms with Gasteiger partial charge < -0.3 is 24.5 Å². The summed E-state index contributed by atoms with van der Waals surface area (Å²) in [5, 5.41) is 6.68. The van der Waals surface area contributed by atoms with Crippen molar-refractivity contribution < 1.29 is 13.9 Å². The molecule has 0 aliphatic rings. The molecule has 0 aliphatic carbocycles. The van der Waals surface area contributed by atoms with Crippen molar-refractivity contribution in [2.75, 3.05) is 19.8 Å². The van der Waals surface area contributed by atoms with Gasteiger partial charge in [0.25, 0.3) is 0 Å². The van der Waals surface area contributed by atoms with E-state index in [0.717, 1.165) is 35.1 Å². The number of aryl methyl sites for hydroxylation is 2. The van der Waals surface area contributed by atoms with E-state index in [9.17, 15) is 0 Å². The van der Waals surface area contributed by atoms with Crippen LogP contribution >= 0.6 is 24.0 Å². The highest BCUT2D eigenvalue weighted by atomic mass is 127. The van der Waals surface area contributed by atoms with Crippen molar-refractivity contribution in [2.45, 2.75) is 54.1 Å². The van der Waals surface area contributed by atoms with E-state index in [1.165, 1.54) is 0 Å². The van der Waals surface area contributed by atoms with Crippen molar-refractivity contribution in [3.63, 3.8) is 0 Å². The summed E-state index contributed by atoms with van der Waals surface area (Å²) in [6.45, 7) is 14.2. The van der Waals surface area contributed by atoms with E-state index in [2.05, 4.69) is 27.5 Å². The first-order valence-corrected chi connectivity index (χ1v) is 9.85. The van der Waals surface area contributed by atoms with Gasteiger partial charge in [-0.1, -0.05) is 6.07 Å². The Morgan fingerprint density at radius 3 is 2.41 bits per heavy atom. The first-order chi connectivity index (χ1) is 13.5. The van der Waals surface area contributed by atoms with Gasteiger partial charge in [0.1, 0.15) is 12.3 Å². The van der Waals surface area contributed by atoms with Gasteiger partial charge in [-0.2, -0.15) is 0 Å². The SMILES string of the molecule is CCNC(=NCc1nc(C)c(C)o1)NC(C)c1ccc(OCC)c(OCC)c1.I. The monoisotopic (exact) mass is 516 g/mol. The van der Waals surface area contributed by atoms with E-state index in [0.29, 0.717) is 31.6 Å². The fourth-order valence-electron chi connectivity index (χ4n) is 2.70. The lowest BCUT2D eigenvalue weighted by molar-refractivity contribution is 0.287. The zero-order valence-electron chi connectivity index (χ0n) is 18.2. The van der Waals surface area contributed by atoms with Crippen LogP contribution in [0.5, 0.6) is 11.5 Å². The molecule has 0 saturated carbocycles. The molecule has 1 aromatic carbocycles. The van der Waals surface area contributed by atoms with E-state index in [4.69, 9.17) is 13.9 Å². The average Bonchev–Trinajstić information content (AvgIpc) is 2.99. The maximum absolute atomic E-state index is 5.73. The number of hydrogen-bond donors (Lipinski definition) is 2. The van der Waals surface area contributed by atoms with Crippen LogP contribution in [0.4, 0.5) is 0 Å². The first kappa shape index (κ1) is 25.1. The molecule has 7 nitrogen and oxygen atoms in total. The van der Waals surface area contributed by atoms with Crippen LogP contribution < -0.4 is 20.1 Å². The Balaban J connectivity index is 0.00000420. The highest BCUT2D eigenvalue weighted by Crippen LogP contribution is 2.30. The predicted octanol–water partition coefficient (Wildman–Crippen LogP) is 4.52. The highest BCUT2D eigenvalue weighted by Gasteiger charge is 2.13. The molecule has 0 saturated heterocycles. The number of oxazole rings is 1. The van der Waals surface area contributed by atoms with E-state index >= 15 is 0 Å². The smallest absolute Gasteiger partial charge is 0.216 e. The molecular weight excluding hydrogens is 483 g/mol. The topological polar surface area (TPSA) is 80.9 Å². The zero-order valence-corrected chi connectivity index (χ0v) is 20.5.